The van der Waals surface area contributed by atoms with Crippen LogP contribution in [0.1, 0.15) is 40.5 Å². The predicted octanol–water partition coefficient (Wildman–Crippen LogP) is 1.45. The molecule has 1 saturated heterocycles. The fourth-order valence-corrected chi connectivity index (χ4v) is 3.88. The third-order valence-electron chi connectivity index (χ3n) is 3.34. The van der Waals surface area contributed by atoms with E-state index in [0.717, 1.165) is 19.4 Å². The van der Waals surface area contributed by atoms with Crippen LogP contribution in [0.2, 0.25) is 0 Å². The Labute approximate surface area is 124 Å². The summed E-state index contributed by atoms with van der Waals surface area (Å²) in [6.45, 7) is 10.4. The molecule has 0 aliphatic carbocycles. The number of ether oxygens (including phenoxy) is 1. The van der Waals surface area contributed by atoms with E-state index < -0.39 is 10.0 Å². The topological polar surface area (TPSA) is 58.6 Å². The lowest BCUT2D eigenvalue weighted by atomic mass is 10.2. The molecule has 1 N–H and O–H groups in total. The van der Waals surface area contributed by atoms with Crippen LogP contribution in [-0.4, -0.2) is 56.9 Å². The molecule has 1 heterocycles. The van der Waals surface area contributed by atoms with Crippen LogP contribution < -0.4 is 5.32 Å². The first-order valence-electron chi connectivity index (χ1n) is 7.64. The van der Waals surface area contributed by atoms with Gasteiger partial charge >= 0.3 is 0 Å². The van der Waals surface area contributed by atoms with Crippen LogP contribution in [0.5, 0.6) is 0 Å². The largest absolute Gasteiger partial charge is 0.378 e. The Balaban J connectivity index is 2.59. The second-order valence-electron chi connectivity index (χ2n) is 6.24. The van der Waals surface area contributed by atoms with E-state index in [4.69, 9.17) is 4.74 Å². The Kier molecular flexibility index (Phi) is 7.43. The summed E-state index contributed by atoms with van der Waals surface area (Å²) in [6, 6.07) is 0.301. The minimum absolute atomic E-state index is 0.0697. The molecule has 0 bridgehead atoms. The lowest BCUT2D eigenvalue weighted by Crippen LogP contribution is -2.44. The van der Waals surface area contributed by atoms with Crippen molar-refractivity contribution >= 4 is 10.0 Å². The Bertz CT molecular complexity index is 363. The van der Waals surface area contributed by atoms with Crippen molar-refractivity contribution in [2.45, 2.75) is 52.7 Å². The molecule has 0 saturated carbocycles. The third kappa shape index (κ3) is 6.52. The fourth-order valence-electron chi connectivity index (χ4n) is 2.39. The van der Waals surface area contributed by atoms with Crippen molar-refractivity contribution in [3.63, 3.8) is 0 Å². The van der Waals surface area contributed by atoms with E-state index >= 15 is 0 Å². The second kappa shape index (κ2) is 8.32. The van der Waals surface area contributed by atoms with Gasteiger partial charge in [-0.25, -0.2) is 12.7 Å². The quantitative estimate of drug-likeness (QED) is 0.700. The summed E-state index contributed by atoms with van der Waals surface area (Å²) in [7, 11) is -3.23. The van der Waals surface area contributed by atoms with Crippen molar-refractivity contribution < 1.29 is 13.2 Å². The van der Waals surface area contributed by atoms with Crippen molar-refractivity contribution in [2.24, 2.45) is 5.92 Å². The van der Waals surface area contributed by atoms with Gasteiger partial charge < -0.3 is 10.1 Å². The van der Waals surface area contributed by atoms with Gasteiger partial charge in [0.15, 0.2) is 0 Å². The molecule has 0 aromatic heterocycles. The average Bonchev–Trinajstić information content (AvgIpc) is 2.79. The van der Waals surface area contributed by atoms with Crippen molar-refractivity contribution in [2.75, 3.05) is 32.0 Å². The van der Waals surface area contributed by atoms with Gasteiger partial charge in [-0.3, -0.25) is 0 Å². The summed E-state index contributed by atoms with van der Waals surface area (Å²) in [5, 5.41) is 3.37. The third-order valence-corrected chi connectivity index (χ3v) is 5.11. The summed E-state index contributed by atoms with van der Waals surface area (Å²) in [5.74, 6) is 0.405. The number of sulfonamides is 1. The molecule has 0 aromatic rings. The monoisotopic (exact) mass is 306 g/mol. The molecule has 1 fully saturated rings. The molecule has 20 heavy (non-hydrogen) atoms. The number of rotatable bonds is 9. The predicted molar refractivity (Wildman–Crippen MR) is 82.3 cm³/mol. The van der Waals surface area contributed by atoms with Crippen LogP contribution in [0.15, 0.2) is 0 Å². The van der Waals surface area contributed by atoms with E-state index in [9.17, 15) is 8.42 Å². The molecule has 120 valence electrons. The molecular weight excluding hydrogens is 276 g/mol. The first-order valence-corrected chi connectivity index (χ1v) is 9.25. The lowest BCUT2D eigenvalue weighted by Gasteiger charge is -2.27. The van der Waals surface area contributed by atoms with Crippen molar-refractivity contribution in [1.29, 1.82) is 0 Å². The molecule has 6 heteroatoms. The van der Waals surface area contributed by atoms with Crippen LogP contribution in [0.4, 0.5) is 0 Å². The lowest BCUT2D eigenvalue weighted by molar-refractivity contribution is 0.0905. The van der Waals surface area contributed by atoms with Gasteiger partial charge in [-0.05, 0) is 39.2 Å². The molecule has 1 unspecified atom stereocenters. The molecule has 0 aromatic carbocycles. The van der Waals surface area contributed by atoms with Crippen LogP contribution >= 0.6 is 0 Å². The number of nitrogens with one attached hydrogen (secondary N) is 1. The molecule has 0 spiro atoms. The van der Waals surface area contributed by atoms with E-state index in [0.29, 0.717) is 25.0 Å². The van der Waals surface area contributed by atoms with Gasteiger partial charge in [0.2, 0.25) is 10.0 Å². The molecule has 5 nitrogen and oxygen atoms in total. The van der Waals surface area contributed by atoms with E-state index in [-0.39, 0.29) is 18.5 Å². The normalized spacial score (nSPS) is 20.4. The number of hydrogen-bond acceptors (Lipinski definition) is 4. The summed E-state index contributed by atoms with van der Waals surface area (Å²) < 4.78 is 31.9. The Morgan fingerprint density at radius 2 is 2.00 bits per heavy atom. The zero-order chi connectivity index (χ0) is 15.2. The molecule has 0 amide bonds. The van der Waals surface area contributed by atoms with Gasteiger partial charge in [0.1, 0.15) is 0 Å². The Morgan fingerprint density at radius 1 is 1.30 bits per heavy atom. The second-order valence-corrected chi connectivity index (χ2v) is 8.33. The first-order chi connectivity index (χ1) is 9.31. The maximum absolute atomic E-state index is 12.5. The van der Waals surface area contributed by atoms with Gasteiger partial charge in [-0.15, -0.1) is 0 Å². The maximum Gasteiger partial charge on any atom is 0.216 e. The molecule has 1 aliphatic rings. The highest BCUT2D eigenvalue weighted by Crippen LogP contribution is 2.13. The van der Waals surface area contributed by atoms with Gasteiger partial charge in [-0.2, -0.15) is 0 Å². The summed E-state index contributed by atoms with van der Waals surface area (Å²) in [6.07, 6.45) is 2.27. The van der Waals surface area contributed by atoms with Gasteiger partial charge in [0.05, 0.1) is 18.5 Å². The molecule has 1 atom stereocenters. The van der Waals surface area contributed by atoms with E-state index in [1.807, 2.05) is 13.8 Å². The first kappa shape index (κ1) is 17.9. The van der Waals surface area contributed by atoms with Crippen molar-refractivity contribution in [1.82, 2.24) is 9.62 Å². The SMILES string of the molecule is CC(C)CN(CC1CCCN1)S(=O)(=O)CCOC(C)C. The van der Waals surface area contributed by atoms with Crippen LogP contribution in [0, 0.1) is 5.92 Å². The molecule has 1 aliphatic heterocycles. The van der Waals surface area contributed by atoms with Crippen LogP contribution in [0.25, 0.3) is 0 Å². The standard InChI is InChI=1S/C14H30N2O3S/c1-12(2)10-16(11-14-6-5-7-15-14)20(17,18)9-8-19-13(3)4/h12-15H,5-11H2,1-4H3. The van der Waals surface area contributed by atoms with E-state index in [1.54, 1.807) is 4.31 Å². The van der Waals surface area contributed by atoms with Crippen LogP contribution in [-0.2, 0) is 14.8 Å². The Morgan fingerprint density at radius 3 is 2.50 bits per heavy atom. The maximum atomic E-state index is 12.5. The van der Waals surface area contributed by atoms with Gasteiger partial charge in [-0.1, -0.05) is 13.8 Å². The highest BCUT2D eigenvalue weighted by molar-refractivity contribution is 7.89. The molecular formula is C14H30N2O3S. The zero-order valence-corrected chi connectivity index (χ0v) is 14.1. The van der Waals surface area contributed by atoms with Crippen molar-refractivity contribution in [3.05, 3.63) is 0 Å². The Hall–Kier alpha value is -0.170. The highest BCUT2D eigenvalue weighted by Gasteiger charge is 2.27. The van der Waals surface area contributed by atoms with Crippen molar-refractivity contribution in [3.8, 4) is 0 Å². The number of hydrogen-bond donors (Lipinski definition) is 1. The summed E-state index contributed by atoms with van der Waals surface area (Å²) in [4.78, 5) is 0. The molecule has 0 radical (unpaired) electrons. The fraction of sp³-hybridized carbons (Fsp3) is 1.00. The van der Waals surface area contributed by atoms with E-state index in [2.05, 4.69) is 19.2 Å². The average molecular weight is 306 g/mol. The van der Waals surface area contributed by atoms with E-state index in [1.165, 1.54) is 0 Å². The summed E-state index contributed by atoms with van der Waals surface area (Å²) in [5.41, 5.74) is 0. The van der Waals surface area contributed by atoms with Gasteiger partial charge in [0.25, 0.3) is 0 Å². The highest BCUT2D eigenvalue weighted by atomic mass is 32.2. The summed E-state index contributed by atoms with van der Waals surface area (Å²) >= 11 is 0. The number of nitrogens with zero attached hydrogens (tertiary/aromatic N) is 1. The molecule has 1 rings (SSSR count). The van der Waals surface area contributed by atoms with Gasteiger partial charge in [0, 0.05) is 19.1 Å². The minimum atomic E-state index is -3.23. The zero-order valence-electron chi connectivity index (χ0n) is 13.3. The minimum Gasteiger partial charge on any atom is -0.378 e. The van der Waals surface area contributed by atoms with Crippen LogP contribution in [0.3, 0.4) is 0 Å². The smallest absolute Gasteiger partial charge is 0.216 e.